The van der Waals surface area contributed by atoms with Crippen LogP contribution in [0, 0.1) is 0 Å². The standard InChI is InChI=1S/BCl.Co.Na.H/c1-2;;;/q;;+1;-1. The van der Waals surface area contributed by atoms with Gasteiger partial charge in [-0.25, -0.2) is 11.5 Å². The van der Waals surface area contributed by atoms with E-state index in [1.807, 2.05) is 0 Å². The van der Waals surface area contributed by atoms with E-state index in [9.17, 15) is 0 Å². The van der Waals surface area contributed by atoms with Crippen LogP contribution in [0.1, 0.15) is 1.43 Å². The molecule has 3 radical (unpaired) electrons. The second-order valence-corrected chi connectivity index (χ2v) is 0. The third-order valence-corrected chi connectivity index (χ3v) is 0. The minimum absolute atomic E-state index is 0. The molecule has 0 aliphatic carbocycles. The second kappa shape index (κ2) is 20.9. The van der Waals surface area contributed by atoms with Gasteiger partial charge in [-0.1, -0.05) is 0 Å². The predicted octanol–water partition coefficient (Wildman–Crippen LogP) is -2.58. The van der Waals surface area contributed by atoms with Crippen molar-refractivity contribution in [2.24, 2.45) is 0 Å². The molecule has 0 heterocycles. The van der Waals surface area contributed by atoms with Gasteiger partial charge in [0.25, 0.3) is 0 Å². The van der Waals surface area contributed by atoms with Crippen LogP contribution in [0.25, 0.3) is 0 Å². The largest absolute Gasteiger partial charge is 1.00 e. The quantitative estimate of drug-likeness (QED) is 0.315. The van der Waals surface area contributed by atoms with E-state index < -0.39 is 0 Å². The van der Waals surface area contributed by atoms with Crippen molar-refractivity contribution in [1.82, 2.24) is 0 Å². The molecule has 21 valence electrons. The predicted molar refractivity (Wildman–Crippen MR) is 12.7 cm³/mol. The molecule has 0 amide bonds. The summed E-state index contributed by atoms with van der Waals surface area (Å²) in [6.45, 7) is 0. The summed E-state index contributed by atoms with van der Waals surface area (Å²) in [6.07, 6.45) is 0. The molecule has 0 spiro atoms. The summed E-state index contributed by atoms with van der Waals surface area (Å²) < 4.78 is 0. The van der Waals surface area contributed by atoms with Crippen LogP contribution in [0.3, 0.4) is 0 Å². The molecule has 0 aliphatic heterocycles. The first-order chi connectivity index (χ1) is 1.00. The summed E-state index contributed by atoms with van der Waals surface area (Å²) in [5.74, 6) is 0. The molecule has 0 nitrogen and oxygen atoms in total. The Morgan fingerprint density at radius 2 is 1.50 bits per heavy atom. The van der Waals surface area contributed by atoms with Gasteiger partial charge in [0.1, 0.15) is 0 Å². The van der Waals surface area contributed by atoms with Crippen LogP contribution in [0.15, 0.2) is 0 Å². The van der Waals surface area contributed by atoms with Crippen LogP contribution < -0.4 is 29.6 Å². The van der Waals surface area contributed by atoms with Gasteiger partial charge in [-0.05, 0) is 0 Å². The van der Waals surface area contributed by atoms with Gasteiger partial charge >= 0.3 is 29.6 Å². The number of halogens is 1. The van der Waals surface area contributed by atoms with Gasteiger partial charge in [0.05, 0.1) is 0 Å². The van der Waals surface area contributed by atoms with Crippen molar-refractivity contribution in [3.63, 3.8) is 0 Å². The van der Waals surface area contributed by atoms with Crippen LogP contribution in [0.4, 0.5) is 0 Å². The van der Waals surface area contributed by atoms with Gasteiger partial charge in [-0.3, -0.25) is 0 Å². The van der Waals surface area contributed by atoms with Crippen molar-refractivity contribution >= 4 is 18.7 Å². The van der Waals surface area contributed by atoms with Crippen molar-refractivity contribution in [1.29, 1.82) is 0 Å². The van der Waals surface area contributed by atoms with Crippen LogP contribution >= 0.6 is 11.5 Å². The Morgan fingerprint density at radius 3 is 1.50 bits per heavy atom. The number of rotatable bonds is 0. The molecule has 0 aromatic carbocycles. The fourth-order valence-corrected chi connectivity index (χ4v) is 0. The summed E-state index contributed by atoms with van der Waals surface area (Å²) in [5.41, 5.74) is 0. The second-order valence-electron chi connectivity index (χ2n) is 0. The molecule has 0 aromatic heterocycles. The van der Waals surface area contributed by atoms with Crippen molar-refractivity contribution in [3.05, 3.63) is 0 Å². The summed E-state index contributed by atoms with van der Waals surface area (Å²) in [4.78, 5) is 0. The molecule has 4 heavy (non-hydrogen) atoms. The van der Waals surface area contributed by atoms with Crippen molar-refractivity contribution in [2.45, 2.75) is 0 Å². The van der Waals surface area contributed by atoms with Crippen molar-refractivity contribution in [3.8, 4) is 0 Å². The Morgan fingerprint density at radius 1 is 1.50 bits per heavy atom. The van der Waals surface area contributed by atoms with Crippen LogP contribution in [-0.2, 0) is 16.8 Å². The molecule has 0 bridgehead atoms. The van der Waals surface area contributed by atoms with E-state index in [-0.39, 0.29) is 47.8 Å². The van der Waals surface area contributed by atoms with E-state index in [4.69, 9.17) is 0 Å². The summed E-state index contributed by atoms with van der Waals surface area (Å²) in [6, 6.07) is 0. The Labute approximate surface area is 66.0 Å². The van der Waals surface area contributed by atoms with Gasteiger partial charge in [-0.2, -0.15) is 0 Å². The minimum Gasteiger partial charge on any atom is -1.00 e. The smallest absolute Gasteiger partial charge is 1.00 e. The average Bonchev–Trinajstić information content (AvgIpc) is 1.00. The zero-order chi connectivity index (χ0) is 2.00. The maximum absolute atomic E-state index is 4.14. The van der Waals surface area contributed by atoms with E-state index in [0.29, 0.717) is 0 Å². The molecule has 0 aliphatic rings. The van der Waals surface area contributed by atoms with E-state index in [1.165, 1.54) is 0 Å². The summed E-state index contributed by atoms with van der Waals surface area (Å²) >= 11 is 4.14. The molecule has 0 atom stereocenters. The van der Waals surface area contributed by atoms with Gasteiger partial charge in [0.15, 0.2) is 0 Å². The SMILES string of the molecule is [B]Cl.[Co].[H-].[Na+]. The van der Waals surface area contributed by atoms with Crippen LogP contribution in [0.5, 0.6) is 0 Å². The van der Waals surface area contributed by atoms with Gasteiger partial charge in [0.2, 0.25) is 7.26 Å². The van der Waals surface area contributed by atoms with Gasteiger partial charge < -0.3 is 1.43 Å². The van der Waals surface area contributed by atoms with Crippen LogP contribution in [0.2, 0.25) is 0 Å². The molecular formula is HBClCoNa. The summed E-state index contributed by atoms with van der Waals surface area (Å²) in [7, 11) is 3.97. The monoisotopic (exact) mass is 129 g/mol. The Hall–Kier alpha value is 1.86. The molecule has 0 rings (SSSR count). The molecule has 0 saturated heterocycles. The number of hydrogen-bond acceptors (Lipinski definition) is 0. The van der Waals surface area contributed by atoms with E-state index >= 15 is 0 Å². The normalized spacial score (nSPS) is 1.25. The van der Waals surface area contributed by atoms with Gasteiger partial charge in [-0.15, -0.1) is 0 Å². The number of hydrogen-bond donors (Lipinski definition) is 0. The molecule has 0 saturated carbocycles. The first-order valence-corrected chi connectivity index (χ1v) is 0.655. The van der Waals surface area contributed by atoms with Crippen LogP contribution in [-0.4, -0.2) is 7.26 Å². The zero-order valence-electron chi connectivity index (χ0n) is 3.29. The minimum atomic E-state index is 0. The zero-order valence-corrected chi connectivity index (χ0v) is 6.09. The molecule has 4 heteroatoms. The topological polar surface area (TPSA) is 0 Å². The third kappa shape index (κ3) is 9.12. The maximum atomic E-state index is 4.14. The Kier molecular flexibility index (Phi) is 88.5. The van der Waals surface area contributed by atoms with E-state index in [1.54, 1.807) is 0 Å². The van der Waals surface area contributed by atoms with E-state index in [0.717, 1.165) is 0 Å². The fraction of sp³-hybridized carbons (Fsp3) is 0. The third-order valence-electron chi connectivity index (χ3n) is 0. The Balaban J connectivity index is -0.00000000167. The summed E-state index contributed by atoms with van der Waals surface area (Å²) in [5, 5.41) is 0. The molecular weight excluding hydrogens is 128 g/mol. The van der Waals surface area contributed by atoms with Crippen molar-refractivity contribution < 1.29 is 47.8 Å². The molecule has 0 unspecified atom stereocenters. The first-order valence-electron chi connectivity index (χ1n) is 0.218. The molecule has 0 N–H and O–H groups in total. The Bertz CT molecular complexity index is 11.6. The molecule has 0 fully saturated rings. The average molecular weight is 129 g/mol. The maximum Gasteiger partial charge on any atom is 1.00 e. The molecule has 0 aromatic rings. The van der Waals surface area contributed by atoms with Crippen molar-refractivity contribution in [2.75, 3.05) is 0 Å². The van der Waals surface area contributed by atoms with E-state index in [2.05, 4.69) is 18.7 Å². The fourth-order valence-electron chi connectivity index (χ4n) is 0. The van der Waals surface area contributed by atoms with Gasteiger partial charge in [0, 0.05) is 16.8 Å². The first kappa shape index (κ1) is 16.9.